The SMILES string of the molecule is CCOC(=O)c1oc2c(Br)c(-c3ccccc3)c(O)c(O)c2c1C. The Hall–Kier alpha value is -2.47. The topological polar surface area (TPSA) is 79.9 Å². The molecule has 0 spiro atoms. The summed E-state index contributed by atoms with van der Waals surface area (Å²) in [6.45, 7) is 3.54. The second-order valence-electron chi connectivity index (χ2n) is 5.23. The van der Waals surface area contributed by atoms with Crippen molar-refractivity contribution < 1.29 is 24.2 Å². The number of carbonyl (C=O) groups is 1. The van der Waals surface area contributed by atoms with Gasteiger partial charge < -0.3 is 19.4 Å². The number of hydrogen-bond acceptors (Lipinski definition) is 5. The minimum Gasteiger partial charge on any atom is -0.504 e. The first-order valence-electron chi connectivity index (χ1n) is 7.36. The predicted molar refractivity (Wildman–Crippen MR) is 93.4 cm³/mol. The van der Waals surface area contributed by atoms with Gasteiger partial charge in [0.05, 0.1) is 16.5 Å². The maximum absolute atomic E-state index is 12.0. The summed E-state index contributed by atoms with van der Waals surface area (Å²) in [5.74, 6) is -1.21. The standard InChI is InChI=1S/C18H15BrO5/c1-3-23-18(22)16-9(2)11-14(20)15(21)12(13(19)17(11)24-16)10-7-5-4-6-8-10/h4-8,20-21H,3H2,1-2H3. The summed E-state index contributed by atoms with van der Waals surface area (Å²) >= 11 is 3.42. The Balaban J connectivity index is 2.34. The van der Waals surface area contributed by atoms with Gasteiger partial charge in [-0.2, -0.15) is 0 Å². The molecule has 1 aromatic heterocycles. The zero-order chi connectivity index (χ0) is 17.4. The molecule has 0 aliphatic carbocycles. The fraction of sp³-hybridized carbons (Fsp3) is 0.167. The number of phenolic OH excluding ortho intramolecular Hbond substituents is 2. The van der Waals surface area contributed by atoms with Crippen LogP contribution in [0, 0.1) is 6.92 Å². The monoisotopic (exact) mass is 390 g/mol. The second-order valence-corrected chi connectivity index (χ2v) is 6.03. The van der Waals surface area contributed by atoms with Gasteiger partial charge in [-0.3, -0.25) is 0 Å². The van der Waals surface area contributed by atoms with Gasteiger partial charge in [0.15, 0.2) is 17.1 Å². The Kier molecular flexibility index (Phi) is 4.24. The third-order valence-corrected chi connectivity index (χ3v) is 4.54. The van der Waals surface area contributed by atoms with Crippen molar-refractivity contribution in [3.05, 3.63) is 46.1 Å². The van der Waals surface area contributed by atoms with Crippen LogP contribution in [0.3, 0.4) is 0 Å². The van der Waals surface area contributed by atoms with Crippen molar-refractivity contribution in [1.82, 2.24) is 0 Å². The second kappa shape index (κ2) is 6.20. The number of fused-ring (bicyclic) bond motifs is 1. The van der Waals surface area contributed by atoms with Crippen LogP contribution in [0.4, 0.5) is 0 Å². The van der Waals surface area contributed by atoms with E-state index in [2.05, 4.69) is 15.9 Å². The lowest BCUT2D eigenvalue weighted by Gasteiger charge is -2.10. The molecular formula is C18H15BrO5. The summed E-state index contributed by atoms with van der Waals surface area (Å²) in [6.07, 6.45) is 0. The van der Waals surface area contributed by atoms with Crippen LogP contribution in [-0.4, -0.2) is 22.8 Å². The fourth-order valence-corrected chi connectivity index (χ4v) is 3.36. The third-order valence-electron chi connectivity index (χ3n) is 3.79. The number of esters is 1. The number of rotatable bonds is 3. The first kappa shape index (κ1) is 16.4. The molecule has 124 valence electrons. The molecular weight excluding hydrogens is 376 g/mol. The minimum absolute atomic E-state index is 0.00691. The molecule has 0 bridgehead atoms. The third kappa shape index (κ3) is 2.43. The lowest BCUT2D eigenvalue weighted by molar-refractivity contribution is 0.0491. The molecule has 0 saturated heterocycles. The first-order chi connectivity index (χ1) is 11.5. The molecule has 5 nitrogen and oxygen atoms in total. The molecule has 0 unspecified atom stereocenters. The zero-order valence-corrected chi connectivity index (χ0v) is 14.7. The maximum Gasteiger partial charge on any atom is 0.374 e. The highest BCUT2D eigenvalue weighted by atomic mass is 79.9. The number of phenols is 2. The lowest BCUT2D eigenvalue weighted by Crippen LogP contribution is -2.04. The number of hydrogen-bond donors (Lipinski definition) is 2. The molecule has 0 saturated carbocycles. The molecule has 0 radical (unpaired) electrons. The van der Waals surface area contributed by atoms with Crippen molar-refractivity contribution in [3.8, 4) is 22.6 Å². The molecule has 0 aliphatic rings. The molecule has 0 atom stereocenters. The van der Waals surface area contributed by atoms with E-state index >= 15 is 0 Å². The highest BCUT2D eigenvalue weighted by Gasteiger charge is 2.27. The van der Waals surface area contributed by atoms with Crippen molar-refractivity contribution in [3.63, 3.8) is 0 Å². The Bertz CT molecular complexity index is 928. The molecule has 6 heteroatoms. The highest BCUT2D eigenvalue weighted by molar-refractivity contribution is 9.10. The molecule has 24 heavy (non-hydrogen) atoms. The van der Waals surface area contributed by atoms with Gasteiger partial charge in [0.2, 0.25) is 5.76 Å². The fourth-order valence-electron chi connectivity index (χ4n) is 2.67. The van der Waals surface area contributed by atoms with Crippen molar-refractivity contribution in [2.45, 2.75) is 13.8 Å². The quantitative estimate of drug-likeness (QED) is 0.497. The van der Waals surface area contributed by atoms with E-state index in [-0.39, 0.29) is 34.8 Å². The van der Waals surface area contributed by atoms with E-state index in [1.165, 1.54) is 0 Å². The minimum atomic E-state index is -0.613. The van der Waals surface area contributed by atoms with Gasteiger partial charge in [0.25, 0.3) is 0 Å². The van der Waals surface area contributed by atoms with E-state index in [1.54, 1.807) is 26.0 Å². The largest absolute Gasteiger partial charge is 0.504 e. The number of carbonyl (C=O) groups excluding carboxylic acids is 1. The summed E-state index contributed by atoms with van der Waals surface area (Å²) in [5.41, 5.74) is 1.79. The number of ether oxygens (including phenoxy) is 1. The van der Waals surface area contributed by atoms with Crippen molar-refractivity contribution in [2.24, 2.45) is 0 Å². The Labute approximate surface area is 146 Å². The zero-order valence-electron chi connectivity index (χ0n) is 13.1. The van der Waals surface area contributed by atoms with Crippen LogP contribution in [0.2, 0.25) is 0 Å². The van der Waals surface area contributed by atoms with Crippen LogP contribution in [0.25, 0.3) is 22.1 Å². The summed E-state index contributed by atoms with van der Waals surface area (Å²) in [7, 11) is 0. The summed E-state index contributed by atoms with van der Waals surface area (Å²) in [6, 6.07) is 9.09. The number of aryl methyl sites for hydroxylation is 1. The van der Waals surface area contributed by atoms with Crippen molar-refractivity contribution >= 4 is 32.9 Å². The van der Waals surface area contributed by atoms with E-state index in [0.717, 1.165) is 0 Å². The van der Waals surface area contributed by atoms with Gasteiger partial charge in [0, 0.05) is 11.1 Å². The van der Waals surface area contributed by atoms with Crippen LogP contribution >= 0.6 is 15.9 Å². The van der Waals surface area contributed by atoms with E-state index in [9.17, 15) is 15.0 Å². The molecule has 2 N–H and O–H groups in total. The molecule has 0 aliphatic heterocycles. The molecule has 2 aromatic carbocycles. The number of halogens is 1. The Morgan fingerprint density at radius 1 is 1.21 bits per heavy atom. The highest BCUT2D eigenvalue weighted by Crippen LogP contribution is 2.50. The van der Waals surface area contributed by atoms with Gasteiger partial charge in [-0.1, -0.05) is 30.3 Å². The maximum atomic E-state index is 12.0. The number of furan rings is 1. The van der Waals surface area contributed by atoms with Gasteiger partial charge in [-0.25, -0.2) is 4.79 Å². The summed E-state index contributed by atoms with van der Waals surface area (Å²) < 4.78 is 11.1. The van der Waals surface area contributed by atoms with E-state index in [1.807, 2.05) is 18.2 Å². The molecule has 0 amide bonds. The Morgan fingerprint density at radius 2 is 1.88 bits per heavy atom. The van der Waals surface area contributed by atoms with Crippen LogP contribution < -0.4 is 0 Å². The van der Waals surface area contributed by atoms with Gasteiger partial charge >= 0.3 is 5.97 Å². The molecule has 3 rings (SSSR count). The average Bonchev–Trinajstić information content (AvgIpc) is 2.92. The molecule has 1 heterocycles. The number of benzene rings is 2. The average molecular weight is 391 g/mol. The van der Waals surface area contributed by atoms with E-state index in [4.69, 9.17) is 9.15 Å². The van der Waals surface area contributed by atoms with Crippen molar-refractivity contribution in [1.29, 1.82) is 0 Å². The van der Waals surface area contributed by atoms with Gasteiger partial charge in [-0.05, 0) is 35.3 Å². The van der Waals surface area contributed by atoms with E-state index in [0.29, 0.717) is 21.2 Å². The lowest BCUT2D eigenvalue weighted by atomic mass is 10.0. The number of aromatic hydroxyl groups is 2. The normalized spacial score (nSPS) is 11.0. The van der Waals surface area contributed by atoms with Crippen LogP contribution in [0.5, 0.6) is 11.5 Å². The molecule has 0 fully saturated rings. The van der Waals surface area contributed by atoms with Crippen LogP contribution in [0.15, 0.2) is 39.2 Å². The smallest absolute Gasteiger partial charge is 0.374 e. The van der Waals surface area contributed by atoms with Crippen LogP contribution in [0.1, 0.15) is 23.0 Å². The molecule has 3 aromatic rings. The van der Waals surface area contributed by atoms with Gasteiger partial charge in [-0.15, -0.1) is 0 Å². The van der Waals surface area contributed by atoms with E-state index < -0.39 is 5.97 Å². The van der Waals surface area contributed by atoms with Gasteiger partial charge in [0.1, 0.15) is 0 Å². The Morgan fingerprint density at radius 3 is 2.50 bits per heavy atom. The van der Waals surface area contributed by atoms with Crippen molar-refractivity contribution in [2.75, 3.05) is 6.61 Å². The first-order valence-corrected chi connectivity index (χ1v) is 8.15. The van der Waals surface area contributed by atoms with Crippen LogP contribution in [-0.2, 0) is 4.74 Å². The predicted octanol–water partition coefficient (Wildman–Crippen LogP) is 4.76. The summed E-state index contributed by atoms with van der Waals surface area (Å²) in [4.78, 5) is 12.0. The summed E-state index contributed by atoms with van der Waals surface area (Å²) in [5, 5.41) is 21.2.